The SMILES string of the molecule is CNCc1c(Cl)cccc1Oc1ccc(Br)cc1. The van der Waals surface area contributed by atoms with Gasteiger partial charge in [0.15, 0.2) is 0 Å². The van der Waals surface area contributed by atoms with Crippen molar-refractivity contribution in [2.24, 2.45) is 0 Å². The minimum absolute atomic E-state index is 0.672. The fraction of sp³-hybridized carbons (Fsp3) is 0.143. The molecule has 0 aliphatic carbocycles. The fourth-order valence-electron chi connectivity index (χ4n) is 1.61. The lowest BCUT2D eigenvalue weighted by Gasteiger charge is -2.12. The number of halogens is 2. The summed E-state index contributed by atoms with van der Waals surface area (Å²) in [4.78, 5) is 0. The number of rotatable bonds is 4. The van der Waals surface area contributed by atoms with Gasteiger partial charge in [0.2, 0.25) is 0 Å². The quantitative estimate of drug-likeness (QED) is 0.885. The summed E-state index contributed by atoms with van der Waals surface area (Å²) in [6.07, 6.45) is 0. The lowest BCUT2D eigenvalue weighted by atomic mass is 10.2. The monoisotopic (exact) mass is 325 g/mol. The molecule has 0 aliphatic heterocycles. The van der Waals surface area contributed by atoms with E-state index in [-0.39, 0.29) is 0 Å². The molecule has 0 unspecified atom stereocenters. The fourth-order valence-corrected chi connectivity index (χ4v) is 2.11. The van der Waals surface area contributed by atoms with Crippen molar-refractivity contribution in [2.75, 3.05) is 7.05 Å². The summed E-state index contributed by atoms with van der Waals surface area (Å²) in [5, 5.41) is 3.80. The summed E-state index contributed by atoms with van der Waals surface area (Å²) in [6.45, 7) is 0.672. The zero-order valence-electron chi connectivity index (χ0n) is 9.91. The van der Waals surface area contributed by atoms with Gasteiger partial charge in [-0.2, -0.15) is 0 Å². The van der Waals surface area contributed by atoms with Crippen LogP contribution in [0.25, 0.3) is 0 Å². The molecule has 2 rings (SSSR count). The van der Waals surface area contributed by atoms with Crippen LogP contribution in [0.1, 0.15) is 5.56 Å². The molecule has 0 radical (unpaired) electrons. The van der Waals surface area contributed by atoms with Crippen LogP contribution in [0.3, 0.4) is 0 Å². The Morgan fingerprint density at radius 3 is 2.56 bits per heavy atom. The van der Waals surface area contributed by atoms with Crippen molar-refractivity contribution in [1.29, 1.82) is 0 Å². The van der Waals surface area contributed by atoms with E-state index in [0.717, 1.165) is 21.5 Å². The summed E-state index contributed by atoms with van der Waals surface area (Å²) in [5.41, 5.74) is 0.963. The molecule has 0 saturated carbocycles. The average molecular weight is 327 g/mol. The van der Waals surface area contributed by atoms with Crippen molar-refractivity contribution in [1.82, 2.24) is 5.32 Å². The molecule has 0 bridgehead atoms. The maximum atomic E-state index is 6.17. The molecule has 0 spiro atoms. The molecule has 0 atom stereocenters. The van der Waals surface area contributed by atoms with Gasteiger partial charge in [-0.25, -0.2) is 0 Å². The molecule has 2 nitrogen and oxygen atoms in total. The Morgan fingerprint density at radius 1 is 1.17 bits per heavy atom. The third kappa shape index (κ3) is 3.25. The van der Waals surface area contributed by atoms with Crippen LogP contribution in [-0.2, 0) is 6.54 Å². The van der Waals surface area contributed by atoms with Gasteiger partial charge in [0, 0.05) is 21.6 Å². The van der Waals surface area contributed by atoms with Crippen molar-refractivity contribution in [2.45, 2.75) is 6.54 Å². The lowest BCUT2D eigenvalue weighted by molar-refractivity contribution is 0.474. The van der Waals surface area contributed by atoms with Gasteiger partial charge in [-0.1, -0.05) is 33.6 Å². The predicted molar refractivity (Wildman–Crippen MR) is 78.4 cm³/mol. The minimum atomic E-state index is 0.672. The summed E-state index contributed by atoms with van der Waals surface area (Å²) in [7, 11) is 1.88. The molecule has 0 fully saturated rings. The molecule has 0 saturated heterocycles. The van der Waals surface area contributed by atoms with E-state index < -0.39 is 0 Å². The number of benzene rings is 2. The van der Waals surface area contributed by atoms with Gasteiger partial charge >= 0.3 is 0 Å². The van der Waals surface area contributed by atoms with Gasteiger partial charge in [-0.15, -0.1) is 0 Å². The van der Waals surface area contributed by atoms with Crippen molar-refractivity contribution < 1.29 is 4.74 Å². The Morgan fingerprint density at radius 2 is 1.89 bits per heavy atom. The highest BCUT2D eigenvalue weighted by molar-refractivity contribution is 9.10. The van der Waals surface area contributed by atoms with Crippen LogP contribution >= 0.6 is 27.5 Å². The number of ether oxygens (including phenoxy) is 1. The normalized spacial score (nSPS) is 10.4. The average Bonchev–Trinajstić information content (AvgIpc) is 2.36. The predicted octanol–water partition coefficient (Wildman–Crippen LogP) is 4.61. The Labute approximate surface area is 120 Å². The van der Waals surface area contributed by atoms with Gasteiger partial charge in [0.25, 0.3) is 0 Å². The van der Waals surface area contributed by atoms with Crippen molar-refractivity contribution in [3.63, 3.8) is 0 Å². The molecule has 18 heavy (non-hydrogen) atoms. The first-order valence-electron chi connectivity index (χ1n) is 5.56. The highest BCUT2D eigenvalue weighted by atomic mass is 79.9. The molecule has 2 aromatic carbocycles. The number of nitrogens with one attached hydrogen (secondary N) is 1. The second-order valence-electron chi connectivity index (χ2n) is 3.80. The zero-order chi connectivity index (χ0) is 13.0. The van der Waals surface area contributed by atoms with E-state index in [1.165, 1.54) is 0 Å². The van der Waals surface area contributed by atoms with Gasteiger partial charge < -0.3 is 10.1 Å². The van der Waals surface area contributed by atoms with Crippen LogP contribution in [0.5, 0.6) is 11.5 Å². The first kappa shape index (κ1) is 13.4. The van der Waals surface area contributed by atoms with E-state index in [4.69, 9.17) is 16.3 Å². The first-order valence-corrected chi connectivity index (χ1v) is 6.73. The van der Waals surface area contributed by atoms with Crippen LogP contribution in [0.4, 0.5) is 0 Å². The van der Waals surface area contributed by atoms with Crippen LogP contribution < -0.4 is 10.1 Å². The maximum Gasteiger partial charge on any atom is 0.133 e. The molecule has 0 aliphatic rings. The Hall–Kier alpha value is -1.03. The number of hydrogen-bond donors (Lipinski definition) is 1. The summed E-state index contributed by atoms with van der Waals surface area (Å²) in [5.74, 6) is 1.57. The Bertz CT molecular complexity index is 528. The topological polar surface area (TPSA) is 21.3 Å². The molecule has 2 aromatic rings. The second kappa shape index (κ2) is 6.23. The van der Waals surface area contributed by atoms with Gasteiger partial charge in [-0.05, 0) is 43.4 Å². The molecule has 0 amide bonds. The molecule has 4 heteroatoms. The number of hydrogen-bond acceptors (Lipinski definition) is 2. The summed E-state index contributed by atoms with van der Waals surface area (Å²) < 4.78 is 6.88. The Kier molecular flexibility index (Phi) is 4.64. The molecule has 1 N–H and O–H groups in total. The van der Waals surface area contributed by atoms with Crippen LogP contribution in [0, 0.1) is 0 Å². The second-order valence-corrected chi connectivity index (χ2v) is 5.13. The molecular formula is C14H13BrClNO. The van der Waals surface area contributed by atoms with E-state index in [1.807, 2.05) is 49.5 Å². The minimum Gasteiger partial charge on any atom is -0.457 e. The van der Waals surface area contributed by atoms with Crippen LogP contribution in [-0.4, -0.2) is 7.05 Å². The van der Waals surface area contributed by atoms with E-state index in [1.54, 1.807) is 0 Å². The van der Waals surface area contributed by atoms with Crippen molar-refractivity contribution in [3.05, 3.63) is 57.5 Å². The van der Waals surface area contributed by atoms with E-state index in [9.17, 15) is 0 Å². The van der Waals surface area contributed by atoms with E-state index in [0.29, 0.717) is 11.6 Å². The third-order valence-electron chi connectivity index (χ3n) is 2.47. The van der Waals surface area contributed by atoms with Gasteiger partial charge in [0.05, 0.1) is 0 Å². The smallest absolute Gasteiger partial charge is 0.133 e. The maximum absolute atomic E-state index is 6.17. The summed E-state index contributed by atoms with van der Waals surface area (Å²) in [6, 6.07) is 13.4. The molecule has 0 aromatic heterocycles. The largest absolute Gasteiger partial charge is 0.457 e. The third-order valence-corrected chi connectivity index (χ3v) is 3.35. The van der Waals surface area contributed by atoms with Gasteiger partial charge in [0.1, 0.15) is 11.5 Å². The summed E-state index contributed by atoms with van der Waals surface area (Å²) >= 11 is 9.57. The first-order chi connectivity index (χ1) is 8.70. The lowest BCUT2D eigenvalue weighted by Crippen LogP contribution is -2.07. The zero-order valence-corrected chi connectivity index (χ0v) is 12.3. The van der Waals surface area contributed by atoms with Crippen molar-refractivity contribution >= 4 is 27.5 Å². The van der Waals surface area contributed by atoms with E-state index in [2.05, 4.69) is 21.2 Å². The van der Waals surface area contributed by atoms with Crippen LogP contribution in [0.15, 0.2) is 46.9 Å². The highest BCUT2D eigenvalue weighted by Gasteiger charge is 2.08. The molecule has 0 heterocycles. The van der Waals surface area contributed by atoms with E-state index >= 15 is 0 Å². The Balaban J connectivity index is 2.28. The standard InChI is InChI=1S/C14H13BrClNO/c1-17-9-12-13(16)3-2-4-14(12)18-11-7-5-10(15)6-8-11/h2-8,17H,9H2,1H3. The van der Waals surface area contributed by atoms with Gasteiger partial charge in [-0.3, -0.25) is 0 Å². The van der Waals surface area contributed by atoms with Crippen molar-refractivity contribution in [3.8, 4) is 11.5 Å². The molecular weight excluding hydrogens is 314 g/mol. The highest BCUT2D eigenvalue weighted by Crippen LogP contribution is 2.30. The van der Waals surface area contributed by atoms with Crippen LogP contribution in [0.2, 0.25) is 5.02 Å². The molecule has 94 valence electrons.